The summed E-state index contributed by atoms with van der Waals surface area (Å²) in [6.45, 7) is 1.94. The van der Waals surface area contributed by atoms with Gasteiger partial charge in [-0.15, -0.1) is 0 Å². The van der Waals surface area contributed by atoms with Gasteiger partial charge < -0.3 is 4.90 Å². The molecular weight excluding hydrogens is 443 g/mol. The van der Waals surface area contributed by atoms with Crippen molar-refractivity contribution >= 4 is 50.5 Å². The fraction of sp³-hybridized carbons (Fsp3) is 0.136. The molecule has 8 heteroatoms. The number of nitrogens with zero attached hydrogens (tertiary/aromatic N) is 1. The first kappa shape index (κ1) is 20.7. The molecule has 4 rings (SSSR count). The van der Waals surface area contributed by atoms with E-state index in [1.807, 2.05) is 25.1 Å². The maximum Gasteiger partial charge on any atom is 0.261 e. The molecule has 3 aromatic carbocycles. The van der Waals surface area contributed by atoms with Crippen LogP contribution in [-0.2, 0) is 16.4 Å². The number of rotatable bonds is 4. The molecule has 1 aliphatic heterocycles. The van der Waals surface area contributed by atoms with Crippen molar-refractivity contribution in [2.24, 2.45) is 0 Å². The minimum absolute atomic E-state index is 0.0824. The molecule has 0 spiro atoms. The molecule has 1 heterocycles. The number of halogens is 2. The Kier molecular flexibility index (Phi) is 5.49. The van der Waals surface area contributed by atoms with Gasteiger partial charge in [0.1, 0.15) is 0 Å². The lowest BCUT2D eigenvalue weighted by Crippen LogP contribution is -2.35. The number of nitrogens with one attached hydrogen (secondary N) is 1. The zero-order valence-electron chi connectivity index (χ0n) is 16.0. The monoisotopic (exact) mass is 460 g/mol. The van der Waals surface area contributed by atoms with Crippen LogP contribution in [-0.4, -0.2) is 20.4 Å². The van der Waals surface area contributed by atoms with Crippen LogP contribution in [0.25, 0.3) is 0 Å². The molecule has 1 aliphatic rings. The number of hydrogen-bond acceptors (Lipinski definition) is 3. The van der Waals surface area contributed by atoms with E-state index in [0.717, 1.165) is 11.3 Å². The van der Waals surface area contributed by atoms with Gasteiger partial charge in [0.2, 0.25) is 0 Å². The van der Waals surface area contributed by atoms with Crippen LogP contribution in [0.3, 0.4) is 0 Å². The highest BCUT2D eigenvalue weighted by molar-refractivity contribution is 7.92. The summed E-state index contributed by atoms with van der Waals surface area (Å²) in [6, 6.07) is 18.4. The van der Waals surface area contributed by atoms with E-state index in [-0.39, 0.29) is 32.6 Å². The summed E-state index contributed by atoms with van der Waals surface area (Å²) >= 11 is 12.1. The first-order valence-electron chi connectivity index (χ1n) is 9.26. The quantitative estimate of drug-likeness (QED) is 0.567. The lowest BCUT2D eigenvalue weighted by atomic mass is 10.1. The Morgan fingerprint density at radius 2 is 1.77 bits per heavy atom. The highest BCUT2D eigenvalue weighted by atomic mass is 35.5. The predicted molar refractivity (Wildman–Crippen MR) is 120 cm³/mol. The fourth-order valence-corrected chi connectivity index (χ4v) is 5.12. The molecule has 1 amide bonds. The van der Waals surface area contributed by atoms with Crippen LogP contribution in [0.1, 0.15) is 22.8 Å². The molecule has 0 bridgehead atoms. The largest absolute Gasteiger partial charge is 0.305 e. The van der Waals surface area contributed by atoms with Gasteiger partial charge in [-0.3, -0.25) is 9.52 Å². The Balaban J connectivity index is 1.65. The van der Waals surface area contributed by atoms with Crippen LogP contribution >= 0.6 is 23.2 Å². The van der Waals surface area contributed by atoms with Gasteiger partial charge in [0, 0.05) is 17.3 Å². The van der Waals surface area contributed by atoms with Gasteiger partial charge in [0.05, 0.1) is 20.6 Å². The third-order valence-corrected chi connectivity index (χ3v) is 7.19. The first-order valence-corrected chi connectivity index (χ1v) is 11.5. The lowest BCUT2D eigenvalue weighted by molar-refractivity contribution is 0.0981. The summed E-state index contributed by atoms with van der Waals surface area (Å²) in [4.78, 5) is 14.8. The van der Waals surface area contributed by atoms with Gasteiger partial charge in [0.15, 0.2) is 0 Å². The number of carbonyl (C=O) groups excluding carboxylic acids is 1. The zero-order chi connectivity index (χ0) is 21.5. The molecule has 0 fully saturated rings. The number of sulfonamides is 1. The molecule has 1 atom stereocenters. The number of fused-ring (bicyclic) bond motifs is 1. The van der Waals surface area contributed by atoms with E-state index < -0.39 is 10.0 Å². The minimum Gasteiger partial charge on any atom is -0.305 e. The molecule has 30 heavy (non-hydrogen) atoms. The maximum atomic E-state index is 13.0. The Labute approximate surface area is 185 Å². The Morgan fingerprint density at radius 3 is 2.50 bits per heavy atom. The van der Waals surface area contributed by atoms with Crippen molar-refractivity contribution in [2.45, 2.75) is 24.3 Å². The highest BCUT2D eigenvalue weighted by Crippen LogP contribution is 2.36. The van der Waals surface area contributed by atoms with E-state index in [1.54, 1.807) is 47.4 Å². The third kappa shape index (κ3) is 3.78. The molecule has 0 aliphatic carbocycles. The van der Waals surface area contributed by atoms with Gasteiger partial charge in [-0.25, -0.2) is 8.42 Å². The van der Waals surface area contributed by atoms with Crippen LogP contribution in [0.5, 0.6) is 0 Å². The van der Waals surface area contributed by atoms with E-state index in [4.69, 9.17) is 23.2 Å². The molecule has 0 unspecified atom stereocenters. The van der Waals surface area contributed by atoms with E-state index >= 15 is 0 Å². The molecule has 0 aromatic heterocycles. The molecule has 3 aromatic rings. The maximum absolute atomic E-state index is 13.0. The number of amides is 1. The molecule has 0 saturated heterocycles. The van der Waals surface area contributed by atoms with Crippen molar-refractivity contribution in [3.8, 4) is 0 Å². The number of carbonyl (C=O) groups is 1. The Bertz CT molecular complexity index is 1230. The fourth-order valence-electron chi connectivity index (χ4n) is 3.59. The van der Waals surface area contributed by atoms with Crippen LogP contribution in [0.2, 0.25) is 10.0 Å². The third-order valence-electron chi connectivity index (χ3n) is 5.01. The summed E-state index contributed by atoms with van der Waals surface area (Å²) in [5, 5.41) is 0.395. The van der Waals surface area contributed by atoms with Gasteiger partial charge in [0.25, 0.3) is 15.9 Å². The lowest BCUT2D eigenvalue weighted by Gasteiger charge is -2.23. The molecule has 0 radical (unpaired) electrons. The normalized spacial score (nSPS) is 15.7. The van der Waals surface area contributed by atoms with E-state index in [9.17, 15) is 13.2 Å². The molecule has 154 valence electrons. The van der Waals surface area contributed by atoms with Crippen molar-refractivity contribution in [2.75, 3.05) is 9.62 Å². The van der Waals surface area contributed by atoms with Gasteiger partial charge in [-0.1, -0.05) is 47.5 Å². The summed E-state index contributed by atoms with van der Waals surface area (Å²) in [5.74, 6) is -0.110. The second-order valence-corrected chi connectivity index (χ2v) is 9.56. The SMILES string of the molecule is C[C@@H]1Cc2cc(S(=O)(=O)Nc3cccc(Cl)c3Cl)ccc2N1C(=O)c1ccccc1. The Hall–Kier alpha value is -2.54. The summed E-state index contributed by atoms with van der Waals surface area (Å²) in [6.07, 6.45) is 0.565. The van der Waals surface area contributed by atoms with Crippen LogP contribution in [0.15, 0.2) is 71.6 Å². The van der Waals surface area contributed by atoms with Crippen molar-refractivity contribution in [3.63, 3.8) is 0 Å². The van der Waals surface area contributed by atoms with Gasteiger partial charge in [-0.2, -0.15) is 0 Å². The molecular formula is C22H18Cl2N2O3S. The minimum atomic E-state index is -3.88. The number of anilines is 2. The summed E-state index contributed by atoms with van der Waals surface area (Å²) in [7, 11) is -3.88. The van der Waals surface area contributed by atoms with Crippen molar-refractivity contribution in [3.05, 3.63) is 87.9 Å². The smallest absolute Gasteiger partial charge is 0.261 e. The topological polar surface area (TPSA) is 66.5 Å². The zero-order valence-corrected chi connectivity index (χ0v) is 18.3. The highest BCUT2D eigenvalue weighted by Gasteiger charge is 2.32. The Morgan fingerprint density at radius 1 is 1.03 bits per heavy atom. The van der Waals surface area contributed by atoms with Crippen molar-refractivity contribution < 1.29 is 13.2 Å². The number of benzene rings is 3. The summed E-state index contributed by atoms with van der Waals surface area (Å²) in [5.41, 5.74) is 2.31. The molecule has 5 nitrogen and oxygen atoms in total. The molecule has 0 saturated carbocycles. The second kappa shape index (κ2) is 7.95. The van der Waals surface area contributed by atoms with Crippen molar-refractivity contribution in [1.82, 2.24) is 0 Å². The van der Waals surface area contributed by atoms with E-state index in [0.29, 0.717) is 12.0 Å². The van der Waals surface area contributed by atoms with Crippen LogP contribution in [0.4, 0.5) is 11.4 Å². The van der Waals surface area contributed by atoms with Crippen LogP contribution < -0.4 is 9.62 Å². The average Bonchev–Trinajstić information content (AvgIpc) is 3.06. The molecule has 1 N–H and O–H groups in total. The predicted octanol–water partition coefficient (Wildman–Crippen LogP) is 5.39. The number of hydrogen-bond donors (Lipinski definition) is 1. The van der Waals surface area contributed by atoms with Gasteiger partial charge >= 0.3 is 0 Å². The standard InChI is InChI=1S/C22H18Cl2N2O3S/c1-14-12-16-13-17(30(28,29)25-19-9-5-8-18(23)21(19)24)10-11-20(16)26(14)22(27)15-6-3-2-4-7-15/h2-11,13-14,25H,12H2,1H3/t14-/m1/s1. The van der Waals surface area contributed by atoms with E-state index in [2.05, 4.69) is 4.72 Å². The summed E-state index contributed by atoms with van der Waals surface area (Å²) < 4.78 is 28.3. The first-order chi connectivity index (χ1) is 14.3. The average molecular weight is 461 g/mol. The van der Waals surface area contributed by atoms with Crippen molar-refractivity contribution in [1.29, 1.82) is 0 Å². The van der Waals surface area contributed by atoms with Gasteiger partial charge in [-0.05, 0) is 61.4 Å². The second-order valence-electron chi connectivity index (χ2n) is 7.09. The van der Waals surface area contributed by atoms with Crippen LogP contribution in [0, 0.1) is 0 Å². The van der Waals surface area contributed by atoms with E-state index in [1.165, 1.54) is 6.07 Å².